The number of carbonyl (C=O) groups is 1. The lowest BCUT2D eigenvalue weighted by Gasteiger charge is -2.01. The largest absolute Gasteiger partial charge is 0.481 e. The van der Waals surface area contributed by atoms with E-state index in [2.05, 4.69) is 11.0 Å². The van der Waals surface area contributed by atoms with Crippen LogP contribution in [0.15, 0.2) is 0 Å². The molecule has 0 amide bonds. The number of rotatable bonds is 9. The average Bonchev–Trinajstić information content (AvgIpc) is 2.09. The summed E-state index contributed by atoms with van der Waals surface area (Å²) in [5.74, 6) is 4.30. The first-order chi connectivity index (χ1) is 6.27. The van der Waals surface area contributed by atoms with Crippen molar-refractivity contribution in [1.29, 1.82) is 0 Å². The molecule has 0 atom stereocenters. The van der Waals surface area contributed by atoms with Gasteiger partial charge in [-0.15, -0.1) is 0 Å². The summed E-state index contributed by atoms with van der Waals surface area (Å²) in [6.07, 6.45) is 5.37. The third-order valence-corrected chi connectivity index (χ3v) is 1.79. The zero-order valence-corrected chi connectivity index (χ0v) is 7.88. The molecule has 0 saturated carbocycles. The number of aliphatic carboxylic acids is 1. The van der Waals surface area contributed by atoms with Crippen LogP contribution in [0.2, 0.25) is 0 Å². The summed E-state index contributed by atoms with van der Waals surface area (Å²) in [6, 6.07) is 0. The quantitative estimate of drug-likeness (QED) is 0.239. The molecule has 5 heteroatoms. The molecule has 0 heterocycles. The molecular formula is C8H19N3O2. The van der Waals surface area contributed by atoms with Crippen molar-refractivity contribution < 1.29 is 9.90 Å². The zero-order valence-electron chi connectivity index (χ0n) is 7.88. The van der Waals surface area contributed by atoms with E-state index in [9.17, 15) is 4.79 Å². The Morgan fingerprint density at radius 1 is 1.15 bits per heavy atom. The van der Waals surface area contributed by atoms with Crippen molar-refractivity contribution in [3.05, 3.63) is 0 Å². The molecule has 5 nitrogen and oxygen atoms in total. The van der Waals surface area contributed by atoms with E-state index in [1.54, 1.807) is 0 Å². The standard InChI is InChI=1S/C8H19N3O2/c9-11-10-7-5-3-1-2-4-6-8(12)13/h10-11H,1-7,9H2,(H,12,13). The maximum absolute atomic E-state index is 10.1. The molecular weight excluding hydrogens is 170 g/mol. The predicted molar refractivity (Wildman–Crippen MR) is 50.7 cm³/mol. The number of nitrogens with two attached hydrogens (primary N) is 1. The monoisotopic (exact) mass is 189 g/mol. The maximum Gasteiger partial charge on any atom is 0.303 e. The maximum atomic E-state index is 10.1. The Bertz CT molecular complexity index is 131. The summed E-state index contributed by atoms with van der Waals surface area (Å²) in [5, 5.41) is 8.35. The lowest BCUT2D eigenvalue weighted by Crippen LogP contribution is -2.38. The van der Waals surface area contributed by atoms with Crippen LogP contribution in [0.3, 0.4) is 0 Å². The highest BCUT2D eigenvalue weighted by atomic mass is 16.4. The number of hydrazine groups is 2. The van der Waals surface area contributed by atoms with Crippen molar-refractivity contribution in [3.63, 3.8) is 0 Å². The van der Waals surface area contributed by atoms with Gasteiger partial charge in [0.1, 0.15) is 0 Å². The molecule has 0 aromatic heterocycles. The highest BCUT2D eigenvalue weighted by Gasteiger charge is 1.95. The highest BCUT2D eigenvalue weighted by Crippen LogP contribution is 2.04. The number of carboxylic acids is 1. The van der Waals surface area contributed by atoms with E-state index in [1.165, 1.54) is 0 Å². The third-order valence-electron chi connectivity index (χ3n) is 1.79. The van der Waals surface area contributed by atoms with E-state index in [1.807, 2.05) is 0 Å². The van der Waals surface area contributed by atoms with Gasteiger partial charge in [0.25, 0.3) is 0 Å². The molecule has 0 aromatic rings. The van der Waals surface area contributed by atoms with Gasteiger partial charge in [-0.1, -0.05) is 19.3 Å². The molecule has 13 heavy (non-hydrogen) atoms. The Morgan fingerprint density at radius 3 is 2.38 bits per heavy atom. The van der Waals surface area contributed by atoms with Crippen LogP contribution in [0, 0.1) is 0 Å². The van der Waals surface area contributed by atoms with Crippen molar-refractivity contribution in [2.75, 3.05) is 6.54 Å². The van der Waals surface area contributed by atoms with Crippen LogP contribution in [0.4, 0.5) is 0 Å². The molecule has 0 rings (SSSR count). The molecule has 5 N–H and O–H groups in total. The summed E-state index contributed by atoms with van der Waals surface area (Å²) in [6.45, 7) is 0.857. The molecule has 0 saturated heterocycles. The lowest BCUT2D eigenvalue weighted by molar-refractivity contribution is -0.137. The first-order valence-corrected chi connectivity index (χ1v) is 4.67. The molecule has 0 spiro atoms. The van der Waals surface area contributed by atoms with Gasteiger partial charge in [-0.3, -0.25) is 10.6 Å². The van der Waals surface area contributed by atoms with Gasteiger partial charge in [0.15, 0.2) is 0 Å². The summed E-state index contributed by atoms with van der Waals surface area (Å²) in [4.78, 5) is 10.1. The van der Waals surface area contributed by atoms with Gasteiger partial charge >= 0.3 is 5.97 Å². The second-order valence-electron chi connectivity index (χ2n) is 2.98. The van der Waals surface area contributed by atoms with Crippen LogP contribution >= 0.6 is 0 Å². The number of unbranched alkanes of at least 4 members (excludes halogenated alkanes) is 4. The number of hydrogen-bond donors (Lipinski definition) is 4. The second-order valence-corrected chi connectivity index (χ2v) is 2.98. The topological polar surface area (TPSA) is 87.4 Å². The van der Waals surface area contributed by atoms with E-state index in [0.29, 0.717) is 6.42 Å². The van der Waals surface area contributed by atoms with Crippen molar-refractivity contribution in [2.45, 2.75) is 38.5 Å². The van der Waals surface area contributed by atoms with Crippen LogP contribution in [-0.2, 0) is 4.79 Å². The van der Waals surface area contributed by atoms with E-state index in [-0.39, 0.29) is 0 Å². The minimum atomic E-state index is -0.700. The lowest BCUT2D eigenvalue weighted by atomic mass is 10.1. The minimum Gasteiger partial charge on any atom is -0.481 e. The molecule has 0 unspecified atom stereocenters. The first kappa shape index (κ1) is 12.3. The molecule has 0 radical (unpaired) electrons. The molecule has 0 fully saturated rings. The van der Waals surface area contributed by atoms with Gasteiger partial charge in [0, 0.05) is 13.0 Å². The van der Waals surface area contributed by atoms with Gasteiger partial charge < -0.3 is 5.11 Å². The molecule has 0 aliphatic rings. The van der Waals surface area contributed by atoms with Crippen molar-refractivity contribution >= 4 is 5.97 Å². The summed E-state index contributed by atoms with van der Waals surface area (Å²) in [5.41, 5.74) is 5.15. The minimum absolute atomic E-state index is 0.294. The fourth-order valence-corrected chi connectivity index (χ4v) is 1.09. The Kier molecular flexibility index (Phi) is 8.97. The van der Waals surface area contributed by atoms with Crippen LogP contribution < -0.4 is 16.8 Å². The highest BCUT2D eigenvalue weighted by molar-refractivity contribution is 5.66. The Morgan fingerprint density at radius 2 is 1.77 bits per heavy atom. The zero-order chi connectivity index (χ0) is 9.94. The van der Waals surface area contributed by atoms with Gasteiger partial charge in [-0.25, -0.2) is 5.43 Å². The van der Waals surface area contributed by atoms with Crippen molar-refractivity contribution in [3.8, 4) is 0 Å². The fourth-order valence-electron chi connectivity index (χ4n) is 1.09. The Balaban J connectivity index is 2.87. The van der Waals surface area contributed by atoms with Crippen LogP contribution in [0.25, 0.3) is 0 Å². The first-order valence-electron chi connectivity index (χ1n) is 4.67. The van der Waals surface area contributed by atoms with Gasteiger partial charge in [0.05, 0.1) is 0 Å². The van der Waals surface area contributed by atoms with E-state index >= 15 is 0 Å². The van der Waals surface area contributed by atoms with Crippen LogP contribution in [0.1, 0.15) is 38.5 Å². The third kappa shape index (κ3) is 11.3. The van der Waals surface area contributed by atoms with Gasteiger partial charge in [0.2, 0.25) is 0 Å². The summed E-state index contributed by atoms with van der Waals surface area (Å²) in [7, 11) is 0. The average molecular weight is 189 g/mol. The van der Waals surface area contributed by atoms with Crippen molar-refractivity contribution in [2.24, 2.45) is 5.84 Å². The molecule has 78 valence electrons. The second kappa shape index (κ2) is 9.44. The van der Waals surface area contributed by atoms with Gasteiger partial charge in [-0.05, 0) is 12.8 Å². The number of nitrogens with one attached hydrogen (secondary N) is 2. The smallest absolute Gasteiger partial charge is 0.303 e. The molecule has 0 aromatic carbocycles. The van der Waals surface area contributed by atoms with E-state index in [4.69, 9.17) is 10.9 Å². The summed E-state index contributed by atoms with van der Waals surface area (Å²) >= 11 is 0. The fraction of sp³-hybridized carbons (Fsp3) is 0.875. The predicted octanol–water partition coefficient (Wildman–Crippen LogP) is 0.379. The summed E-state index contributed by atoms with van der Waals surface area (Å²) < 4.78 is 0. The Labute approximate surface area is 78.6 Å². The van der Waals surface area contributed by atoms with Crippen LogP contribution in [-0.4, -0.2) is 17.6 Å². The number of carboxylic acid groups (broad SMARTS) is 1. The van der Waals surface area contributed by atoms with Crippen molar-refractivity contribution in [1.82, 2.24) is 11.0 Å². The van der Waals surface area contributed by atoms with Crippen LogP contribution in [0.5, 0.6) is 0 Å². The van der Waals surface area contributed by atoms with E-state index in [0.717, 1.165) is 38.6 Å². The van der Waals surface area contributed by atoms with Gasteiger partial charge in [-0.2, -0.15) is 5.53 Å². The van der Waals surface area contributed by atoms with E-state index < -0.39 is 5.97 Å². The SMILES string of the molecule is NNNCCCCCCCC(=O)O. The Hall–Kier alpha value is -0.650. The molecule has 0 aliphatic heterocycles. The normalized spacial score (nSPS) is 10.2. The number of hydrogen-bond acceptors (Lipinski definition) is 4. The molecule has 0 aliphatic carbocycles. The molecule has 0 bridgehead atoms.